The number of hydrogen-bond acceptors (Lipinski definition) is 10. The Kier molecular flexibility index (Phi) is 7.88. The molecule has 0 aromatic heterocycles. The van der Waals surface area contributed by atoms with Gasteiger partial charge in [-0.1, -0.05) is 24.4 Å². The SMILES string of the molecule is COC1=NC(Cl)(NCCCCCCNC2(Cl)N=CN=C(OC)N2)N=CN1. The lowest BCUT2D eigenvalue weighted by Gasteiger charge is -2.27. The zero-order valence-electron chi connectivity index (χ0n) is 14.8. The molecule has 26 heavy (non-hydrogen) atoms. The van der Waals surface area contributed by atoms with Crippen LogP contribution in [0.3, 0.4) is 0 Å². The number of rotatable bonds is 9. The van der Waals surface area contributed by atoms with Crippen LogP contribution in [-0.2, 0) is 9.47 Å². The molecule has 2 unspecified atom stereocenters. The van der Waals surface area contributed by atoms with Gasteiger partial charge in [-0.05, 0) is 24.4 Å². The Morgan fingerprint density at radius 2 is 1.69 bits per heavy atom. The molecule has 146 valence electrons. The van der Waals surface area contributed by atoms with Crippen LogP contribution in [0, 0.1) is 0 Å². The van der Waals surface area contributed by atoms with Crippen molar-refractivity contribution in [1.29, 1.82) is 0 Å². The van der Waals surface area contributed by atoms with E-state index in [9.17, 15) is 0 Å². The molecule has 2 rings (SSSR count). The van der Waals surface area contributed by atoms with Crippen LogP contribution in [0.5, 0.6) is 0 Å². The van der Waals surface area contributed by atoms with Gasteiger partial charge in [0.2, 0.25) is 0 Å². The Morgan fingerprint density at radius 3 is 2.38 bits per heavy atom. The predicted octanol–water partition coefficient (Wildman–Crippen LogP) is 0.694. The summed E-state index contributed by atoms with van der Waals surface area (Å²) in [6.45, 7) is 1.39. The fourth-order valence-electron chi connectivity index (χ4n) is 2.22. The number of amidine groups is 2. The molecule has 0 aromatic carbocycles. The highest BCUT2D eigenvalue weighted by atomic mass is 35.5. The van der Waals surface area contributed by atoms with Crippen molar-refractivity contribution in [2.45, 2.75) is 36.2 Å². The van der Waals surface area contributed by atoms with Crippen molar-refractivity contribution in [3.8, 4) is 0 Å². The minimum Gasteiger partial charge on any atom is -0.468 e. The molecule has 0 aromatic rings. The lowest BCUT2D eigenvalue weighted by molar-refractivity contribution is 0.337. The Hall–Kier alpha value is -1.62. The zero-order valence-corrected chi connectivity index (χ0v) is 16.3. The maximum absolute atomic E-state index is 6.29. The largest absolute Gasteiger partial charge is 0.468 e. The molecule has 4 N–H and O–H groups in total. The summed E-state index contributed by atoms with van der Waals surface area (Å²) in [6.07, 6.45) is 6.78. The number of unbranched alkanes of at least 4 members (excludes halogenated alkanes) is 3. The molecule has 12 heteroatoms. The van der Waals surface area contributed by atoms with Crippen molar-refractivity contribution >= 4 is 47.9 Å². The fourth-order valence-corrected chi connectivity index (χ4v) is 2.66. The maximum atomic E-state index is 6.29. The van der Waals surface area contributed by atoms with Crippen molar-refractivity contribution < 1.29 is 9.47 Å². The Balaban J connectivity index is 1.54. The summed E-state index contributed by atoms with van der Waals surface area (Å²) in [5.41, 5.74) is 0. The number of halogens is 2. The first-order valence-electron chi connectivity index (χ1n) is 8.24. The van der Waals surface area contributed by atoms with E-state index in [2.05, 4.69) is 41.2 Å². The number of nitrogens with one attached hydrogen (secondary N) is 4. The molecule has 2 aliphatic rings. The zero-order chi connectivity index (χ0) is 18.9. The van der Waals surface area contributed by atoms with E-state index in [1.54, 1.807) is 0 Å². The molecule has 0 aliphatic carbocycles. The van der Waals surface area contributed by atoms with Gasteiger partial charge in [-0.2, -0.15) is 9.98 Å². The summed E-state index contributed by atoms with van der Waals surface area (Å²) in [4.78, 5) is 16.2. The van der Waals surface area contributed by atoms with Crippen LogP contribution in [0.25, 0.3) is 0 Å². The second-order valence-corrected chi connectivity index (χ2v) is 6.58. The Bertz CT molecular complexity index is 585. The normalized spacial score (nSPS) is 27.2. The molecule has 0 spiro atoms. The van der Waals surface area contributed by atoms with Gasteiger partial charge in [0.05, 0.1) is 20.6 Å². The summed E-state index contributed by atoms with van der Waals surface area (Å²) < 4.78 is 10.0. The number of hydrogen-bond donors (Lipinski definition) is 4. The van der Waals surface area contributed by atoms with E-state index in [1.807, 2.05) is 0 Å². The van der Waals surface area contributed by atoms with Crippen LogP contribution in [-0.4, -0.2) is 62.5 Å². The average molecular weight is 407 g/mol. The van der Waals surface area contributed by atoms with Gasteiger partial charge in [-0.3, -0.25) is 16.0 Å². The molecular formula is C14H24Cl2N8O2. The molecular weight excluding hydrogens is 383 g/mol. The molecule has 2 atom stereocenters. The molecule has 0 saturated carbocycles. The van der Waals surface area contributed by atoms with Crippen LogP contribution >= 0.6 is 23.2 Å². The molecule has 2 heterocycles. The molecule has 0 saturated heterocycles. The third-order valence-corrected chi connectivity index (χ3v) is 4.20. The number of nitrogens with zero attached hydrogens (tertiary/aromatic N) is 4. The van der Waals surface area contributed by atoms with Gasteiger partial charge in [0.25, 0.3) is 22.5 Å². The lowest BCUT2D eigenvalue weighted by atomic mass is 10.2. The maximum Gasteiger partial charge on any atom is 0.294 e. The quantitative estimate of drug-likeness (QED) is 0.254. The van der Waals surface area contributed by atoms with Crippen LogP contribution in [0.1, 0.15) is 25.7 Å². The number of ether oxygens (including phenoxy) is 2. The monoisotopic (exact) mass is 406 g/mol. The van der Waals surface area contributed by atoms with Crippen LogP contribution in [0.2, 0.25) is 0 Å². The van der Waals surface area contributed by atoms with Gasteiger partial charge in [-0.15, -0.1) is 0 Å². The van der Waals surface area contributed by atoms with Gasteiger partial charge >= 0.3 is 0 Å². The van der Waals surface area contributed by atoms with E-state index in [0.29, 0.717) is 25.1 Å². The molecule has 2 aliphatic heterocycles. The predicted molar refractivity (Wildman–Crippen MR) is 104 cm³/mol. The summed E-state index contributed by atoms with van der Waals surface area (Å²) in [5.74, 6) is 0. The topological polar surface area (TPSA) is 116 Å². The summed E-state index contributed by atoms with van der Waals surface area (Å²) >= 11 is 12.5. The van der Waals surface area contributed by atoms with E-state index in [4.69, 9.17) is 32.7 Å². The minimum absolute atomic E-state index is 0.323. The molecule has 10 nitrogen and oxygen atoms in total. The highest BCUT2D eigenvalue weighted by Gasteiger charge is 2.29. The van der Waals surface area contributed by atoms with Crippen molar-refractivity contribution in [1.82, 2.24) is 21.3 Å². The molecule has 0 radical (unpaired) electrons. The van der Waals surface area contributed by atoms with Crippen molar-refractivity contribution in [2.24, 2.45) is 20.0 Å². The van der Waals surface area contributed by atoms with Gasteiger partial charge in [0.1, 0.15) is 6.34 Å². The van der Waals surface area contributed by atoms with E-state index in [-0.39, 0.29) is 0 Å². The Labute approximate surface area is 162 Å². The second-order valence-electron chi connectivity index (χ2n) is 5.51. The van der Waals surface area contributed by atoms with Crippen LogP contribution in [0.4, 0.5) is 0 Å². The van der Waals surface area contributed by atoms with Gasteiger partial charge < -0.3 is 14.8 Å². The molecule has 0 amide bonds. The first-order valence-corrected chi connectivity index (χ1v) is 9.00. The number of aliphatic imine (C=N–C) groups is 4. The van der Waals surface area contributed by atoms with E-state index in [1.165, 1.54) is 26.9 Å². The smallest absolute Gasteiger partial charge is 0.294 e. The van der Waals surface area contributed by atoms with E-state index >= 15 is 0 Å². The number of alkyl halides is 2. The highest BCUT2D eigenvalue weighted by molar-refractivity contribution is 6.25. The van der Waals surface area contributed by atoms with Crippen molar-refractivity contribution in [3.63, 3.8) is 0 Å². The molecule has 0 bridgehead atoms. The fraction of sp³-hybridized carbons (Fsp3) is 0.714. The molecule has 0 fully saturated rings. The van der Waals surface area contributed by atoms with Gasteiger partial charge in [0, 0.05) is 13.1 Å². The van der Waals surface area contributed by atoms with Crippen molar-refractivity contribution in [2.75, 3.05) is 27.3 Å². The third-order valence-electron chi connectivity index (χ3n) is 3.56. The second kappa shape index (κ2) is 9.91. The van der Waals surface area contributed by atoms with Gasteiger partial charge in [0.15, 0.2) is 0 Å². The van der Waals surface area contributed by atoms with E-state index in [0.717, 1.165) is 25.7 Å². The van der Waals surface area contributed by atoms with Crippen LogP contribution in [0.15, 0.2) is 20.0 Å². The van der Waals surface area contributed by atoms with Crippen LogP contribution < -0.4 is 21.3 Å². The van der Waals surface area contributed by atoms with Gasteiger partial charge in [-0.25, -0.2) is 9.98 Å². The first kappa shape index (κ1) is 20.7. The Morgan fingerprint density at radius 1 is 1.00 bits per heavy atom. The minimum atomic E-state index is -1.20. The average Bonchev–Trinajstić information content (AvgIpc) is 2.63. The van der Waals surface area contributed by atoms with Crippen molar-refractivity contribution in [3.05, 3.63) is 0 Å². The standard InChI is InChI=1S/C14H24Cl2N8O2/c1-25-11-17-9-21-13(15,23-11)19-7-5-3-4-6-8-20-14(16)22-10-18-12(24-14)26-2/h9-10,19-20H,3-8H2,1-2H3,(H,17,21,23)(H,18,22,24). The number of methoxy groups -OCH3 is 2. The highest BCUT2D eigenvalue weighted by Crippen LogP contribution is 2.17. The first-order chi connectivity index (χ1) is 12.5. The lowest BCUT2D eigenvalue weighted by Crippen LogP contribution is -2.55. The summed E-state index contributed by atoms with van der Waals surface area (Å²) in [5, 5.41) is 9.51. The third kappa shape index (κ3) is 6.60. The van der Waals surface area contributed by atoms with E-state index < -0.39 is 10.5 Å². The summed E-state index contributed by atoms with van der Waals surface area (Å²) in [7, 11) is 3.02. The summed E-state index contributed by atoms with van der Waals surface area (Å²) in [6, 6.07) is 0.646.